The molecule has 6 heteroatoms. The Morgan fingerprint density at radius 2 is 1.64 bits per heavy atom. The zero-order valence-electron chi connectivity index (χ0n) is 14.0. The van der Waals surface area contributed by atoms with Gasteiger partial charge < -0.3 is 9.47 Å². The van der Waals surface area contributed by atoms with Gasteiger partial charge in [-0.1, -0.05) is 58.4 Å². The van der Waals surface area contributed by atoms with Gasteiger partial charge in [-0.05, 0) is 30.2 Å². The lowest BCUT2D eigenvalue weighted by molar-refractivity contribution is -0.144. The van der Waals surface area contributed by atoms with E-state index < -0.39 is 12.1 Å². The average molecular weight is 406 g/mol. The summed E-state index contributed by atoms with van der Waals surface area (Å²) in [6.07, 6.45) is -0.556. The molecule has 0 heterocycles. The monoisotopic (exact) mass is 405 g/mol. The van der Waals surface area contributed by atoms with Gasteiger partial charge in [0.2, 0.25) is 0 Å². The number of carbonyl (C=O) groups is 2. The molecule has 132 valence electrons. The Morgan fingerprint density at radius 1 is 0.960 bits per heavy atom. The number of carbonyl (C=O) groups excluding carboxylic acids is 2. The smallest absolute Gasteiger partial charge is 0.410 e. The summed E-state index contributed by atoms with van der Waals surface area (Å²) in [5.74, 6) is -0.462. The van der Waals surface area contributed by atoms with Crippen molar-refractivity contribution in [1.29, 1.82) is 0 Å². The van der Waals surface area contributed by atoms with E-state index in [0.717, 1.165) is 15.6 Å². The third-order valence-electron chi connectivity index (χ3n) is 3.38. The second kappa shape index (κ2) is 9.84. The summed E-state index contributed by atoms with van der Waals surface area (Å²) in [4.78, 5) is 25.5. The maximum atomic E-state index is 12.4. The van der Waals surface area contributed by atoms with Gasteiger partial charge in [-0.3, -0.25) is 9.69 Å². The third-order valence-corrected chi connectivity index (χ3v) is 3.90. The van der Waals surface area contributed by atoms with E-state index >= 15 is 0 Å². The number of nitrogens with zero attached hydrogens (tertiary/aromatic N) is 1. The molecule has 0 bridgehead atoms. The lowest BCUT2D eigenvalue weighted by Gasteiger charge is -2.21. The van der Waals surface area contributed by atoms with E-state index in [1.54, 1.807) is 6.92 Å². The number of amides is 1. The summed E-state index contributed by atoms with van der Waals surface area (Å²) >= 11 is 3.37. The molecule has 25 heavy (non-hydrogen) atoms. The molecule has 0 aliphatic carbocycles. The fourth-order valence-corrected chi connectivity index (χ4v) is 2.43. The summed E-state index contributed by atoms with van der Waals surface area (Å²) in [5, 5.41) is 0. The Kier molecular flexibility index (Phi) is 7.47. The molecule has 1 amide bonds. The normalized spacial score (nSPS) is 10.2. The van der Waals surface area contributed by atoms with Crippen molar-refractivity contribution in [3.63, 3.8) is 0 Å². The first-order valence-electron chi connectivity index (χ1n) is 7.94. The fourth-order valence-electron chi connectivity index (χ4n) is 2.17. The van der Waals surface area contributed by atoms with Crippen LogP contribution in [-0.4, -0.2) is 30.1 Å². The van der Waals surface area contributed by atoms with Crippen molar-refractivity contribution in [3.8, 4) is 0 Å². The minimum atomic E-state index is -0.556. The number of halogens is 1. The Labute approximate surface area is 155 Å². The summed E-state index contributed by atoms with van der Waals surface area (Å²) in [6.45, 7) is 2.26. The highest BCUT2D eigenvalue weighted by molar-refractivity contribution is 9.10. The standard InChI is InChI=1S/C19H20BrNO4/c1-2-24-18(22)13-21(12-15-8-10-17(20)11-9-15)19(23)25-14-16-6-4-3-5-7-16/h3-11H,2,12-14H2,1H3. The SMILES string of the molecule is CCOC(=O)CN(Cc1ccc(Br)cc1)C(=O)OCc1ccccc1. The molecule has 0 aliphatic rings. The first kappa shape index (κ1) is 19.0. The number of benzene rings is 2. The van der Waals surface area contributed by atoms with Gasteiger partial charge in [-0.25, -0.2) is 4.79 Å². The van der Waals surface area contributed by atoms with E-state index in [1.165, 1.54) is 4.90 Å². The summed E-state index contributed by atoms with van der Waals surface area (Å²) in [7, 11) is 0. The molecule has 0 unspecified atom stereocenters. The second-order valence-corrected chi connectivity index (χ2v) is 6.24. The molecule has 0 N–H and O–H groups in total. The van der Waals surface area contributed by atoms with Crippen molar-refractivity contribution >= 4 is 28.0 Å². The molecular formula is C19H20BrNO4. The number of hydrogen-bond donors (Lipinski definition) is 0. The first-order chi connectivity index (χ1) is 12.1. The Hall–Kier alpha value is -2.34. The highest BCUT2D eigenvalue weighted by Crippen LogP contribution is 2.13. The Bertz CT molecular complexity index is 688. The first-order valence-corrected chi connectivity index (χ1v) is 8.73. The van der Waals surface area contributed by atoms with Crippen LogP contribution in [0.5, 0.6) is 0 Å². The lowest BCUT2D eigenvalue weighted by Crippen LogP contribution is -2.36. The van der Waals surface area contributed by atoms with Crippen LogP contribution in [0.1, 0.15) is 18.1 Å². The average Bonchev–Trinajstić information content (AvgIpc) is 2.62. The van der Waals surface area contributed by atoms with Gasteiger partial charge in [0.1, 0.15) is 13.2 Å². The quantitative estimate of drug-likeness (QED) is 0.649. The van der Waals surface area contributed by atoms with Gasteiger partial charge in [0.15, 0.2) is 0 Å². The zero-order valence-corrected chi connectivity index (χ0v) is 15.6. The molecule has 0 saturated heterocycles. The molecule has 0 fully saturated rings. The van der Waals surface area contributed by atoms with Crippen LogP contribution in [0.4, 0.5) is 4.79 Å². The summed E-state index contributed by atoms with van der Waals surface area (Å²) < 4.78 is 11.2. The van der Waals surface area contributed by atoms with Crippen LogP contribution in [0, 0.1) is 0 Å². The topological polar surface area (TPSA) is 55.8 Å². The van der Waals surface area contributed by atoms with Gasteiger partial charge in [-0.15, -0.1) is 0 Å². The maximum absolute atomic E-state index is 12.4. The largest absolute Gasteiger partial charge is 0.465 e. The van der Waals surface area contributed by atoms with Crippen molar-refractivity contribution < 1.29 is 19.1 Å². The highest BCUT2D eigenvalue weighted by Gasteiger charge is 2.20. The van der Waals surface area contributed by atoms with E-state index in [-0.39, 0.29) is 26.3 Å². The van der Waals surface area contributed by atoms with Gasteiger partial charge in [-0.2, -0.15) is 0 Å². The van der Waals surface area contributed by atoms with Crippen LogP contribution in [0.15, 0.2) is 59.1 Å². The molecule has 2 rings (SSSR count). The molecule has 0 aromatic heterocycles. The molecule has 0 saturated carbocycles. The van der Waals surface area contributed by atoms with Gasteiger partial charge in [0.25, 0.3) is 0 Å². The molecule has 0 spiro atoms. The lowest BCUT2D eigenvalue weighted by atomic mass is 10.2. The van der Waals surface area contributed by atoms with E-state index in [4.69, 9.17) is 9.47 Å². The number of ether oxygens (including phenoxy) is 2. The van der Waals surface area contributed by atoms with Crippen LogP contribution in [0.3, 0.4) is 0 Å². The van der Waals surface area contributed by atoms with Crippen molar-refractivity contribution in [2.45, 2.75) is 20.1 Å². The number of esters is 1. The Balaban J connectivity index is 2.02. The molecule has 0 radical (unpaired) electrons. The number of hydrogen-bond acceptors (Lipinski definition) is 4. The molecule has 2 aromatic rings. The minimum Gasteiger partial charge on any atom is -0.465 e. The summed E-state index contributed by atoms with van der Waals surface area (Å²) in [5.41, 5.74) is 1.78. The van der Waals surface area contributed by atoms with Gasteiger partial charge in [0.05, 0.1) is 6.61 Å². The molecule has 0 atom stereocenters. The van der Waals surface area contributed by atoms with Crippen molar-refractivity contribution in [2.75, 3.05) is 13.2 Å². The van der Waals surface area contributed by atoms with Crippen molar-refractivity contribution in [1.82, 2.24) is 4.90 Å². The van der Waals surface area contributed by atoms with Crippen LogP contribution in [-0.2, 0) is 27.4 Å². The summed E-state index contributed by atoms with van der Waals surface area (Å²) in [6, 6.07) is 16.9. The van der Waals surface area contributed by atoms with E-state index in [0.29, 0.717) is 0 Å². The maximum Gasteiger partial charge on any atom is 0.410 e. The molecular weight excluding hydrogens is 386 g/mol. The van der Waals surface area contributed by atoms with Crippen LogP contribution < -0.4 is 0 Å². The van der Waals surface area contributed by atoms with Crippen LogP contribution in [0.2, 0.25) is 0 Å². The molecule has 5 nitrogen and oxygen atoms in total. The van der Waals surface area contributed by atoms with Crippen molar-refractivity contribution in [2.24, 2.45) is 0 Å². The van der Waals surface area contributed by atoms with Crippen LogP contribution in [0.25, 0.3) is 0 Å². The number of rotatable bonds is 7. The zero-order chi connectivity index (χ0) is 18.1. The molecule has 0 aliphatic heterocycles. The minimum absolute atomic E-state index is 0.152. The Morgan fingerprint density at radius 3 is 2.28 bits per heavy atom. The van der Waals surface area contributed by atoms with E-state index in [9.17, 15) is 9.59 Å². The van der Waals surface area contributed by atoms with Crippen molar-refractivity contribution in [3.05, 3.63) is 70.2 Å². The third kappa shape index (κ3) is 6.58. The predicted molar refractivity (Wildman–Crippen MR) is 97.8 cm³/mol. The fraction of sp³-hybridized carbons (Fsp3) is 0.263. The van der Waals surface area contributed by atoms with E-state index in [1.807, 2.05) is 54.6 Å². The highest BCUT2D eigenvalue weighted by atomic mass is 79.9. The molecule has 2 aromatic carbocycles. The second-order valence-electron chi connectivity index (χ2n) is 5.33. The van der Waals surface area contributed by atoms with Gasteiger partial charge >= 0.3 is 12.1 Å². The van der Waals surface area contributed by atoms with Gasteiger partial charge in [0, 0.05) is 11.0 Å². The van der Waals surface area contributed by atoms with E-state index in [2.05, 4.69) is 15.9 Å². The van der Waals surface area contributed by atoms with Crippen LogP contribution >= 0.6 is 15.9 Å². The predicted octanol–water partition coefficient (Wildman–Crippen LogP) is 4.15.